The Balaban J connectivity index is 1.91. The van der Waals surface area contributed by atoms with Crippen molar-refractivity contribution in [2.75, 3.05) is 13.1 Å². The molecule has 0 unspecified atom stereocenters. The Bertz CT molecular complexity index is 714. The smallest absolute Gasteiger partial charge is 0.410 e. The zero-order valence-corrected chi connectivity index (χ0v) is 17.5. The number of carbonyl (C=O) groups excluding carboxylic acids is 2. The second kappa shape index (κ2) is 8.65. The highest BCUT2D eigenvalue weighted by atomic mass is 35.5. The number of amides is 2. The van der Waals surface area contributed by atoms with Crippen molar-refractivity contribution in [2.24, 2.45) is 5.92 Å². The van der Waals surface area contributed by atoms with E-state index in [1.807, 2.05) is 20.8 Å². The van der Waals surface area contributed by atoms with E-state index in [9.17, 15) is 14.0 Å². The molecule has 1 aliphatic rings. The summed E-state index contributed by atoms with van der Waals surface area (Å²) in [7, 11) is 0. The van der Waals surface area contributed by atoms with E-state index >= 15 is 0 Å². The molecule has 1 saturated heterocycles. The fourth-order valence-corrected chi connectivity index (χ4v) is 3.48. The monoisotopic (exact) mass is 418 g/mol. The maximum atomic E-state index is 13.7. The van der Waals surface area contributed by atoms with Crippen LogP contribution in [-0.4, -0.2) is 35.6 Å². The predicted molar refractivity (Wildman–Crippen MR) is 104 cm³/mol. The highest BCUT2D eigenvalue weighted by molar-refractivity contribution is 6.35. The van der Waals surface area contributed by atoms with E-state index in [2.05, 4.69) is 5.32 Å². The first-order valence-electron chi connectivity index (χ1n) is 8.90. The second-order valence-corrected chi connectivity index (χ2v) is 8.57. The van der Waals surface area contributed by atoms with Crippen molar-refractivity contribution in [1.29, 1.82) is 0 Å². The van der Waals surface area contributed by atoms with Crippen LogP contribution >= 0.6 is 23.2 Å². The molecule has 150 valence electrons. The molecule has 0 aromatic heterocycles. The van der Waals surface area contributed by atoms with Crippen LogP contribution in [0.15, 0.2) is 12.1 Å². The van der Waals surface area contributed by atoms with Gasteiger partial charge in [-0.25, -0.2) is 9.18 Å². The molecule has 1 fully saturated rings. The summed E-state index contributed by atoms with van der Waals surface area (Å²) in [4.78, 5) is 26.2. The van der Waals surface area contributed by atoms with Crippen molar-refractivity contribution in [3.8, 4) is 0 Å². The Morgan fingerprint density at radius 2 is 1.81 bits per heavy atom. The summed E-state index contributed by atoms with van der Waals surface area (Å²) in [6.07, 6.45) is 0.722. The molecule has 0 aliphatic carbocycles. The molecule has 1 aromatic rings. The molecule has 2 amide bonds. The first kappa shape index (κ1) is 21.8. The van der Waals surface area contributed by atoms with Crippen LogP contribution in [0.25, 0.3) is 0 Å². The lowest BCUT2D eigenvalue weighted by atomic mass is 9.95. The predicted octanol–water partition coefficient (Wildman–Crippen LogP) is 4.96. The van der Waals surface area contributed by atoms with Crippen molar-refractivity contribution >= 4 is 35.2 Å². The number of hydrogen-bond acceptors (Lipinski definition) is 3. The van der Waals surface area contributed by atoms with Crippen molar-refractivity contribution in [1.82, 2.24) is 10.2 Å². The van der Waals surface area contributed by atoms with Gasteiger partial charge in [0, 0.05) is 24.0 Å². The highest BCUT2D eigenvalue weighted by Crippen LogP contribution is 2.29. The third-order valence-electron chi connectivity index (χ3n) is 4.38. The van der Waals surface area contributed by atoms with Gasteiger partial charge in [-0.05, 0) is 58.2 Å². The molecule has 0 bridgehead atoms. The van der Waals surface area contributed by atoms with Gasteiger partial charge < -0.3 is 15.0 Å². The van der Waals surface area contributed by atoms with E-state index in [-0.39, 0.29) is 22.9 Å². The number of nitrogens with zero attached hydrogens (tertiary/aromatic N) is 1. The van der Waals surface area contributed by atoms with E-state index in [1.165, 1.54) is 12.1 Å². The average molecular weight is 419 g/mol. The molecule has 0 spiro atoms. The maximum Gasteiger partial charge on any atom is 0.410 e. The zero-order valence-electron chi connectivity index (χ0n) is 15.9. The first-order valence-corrected chi connectivity index (χ1v) is 9.66. The van der Waals surface area contributed by atoms with E-state index < -0.39 is 17.5 Å². The average Bonchev–Trinajstić information content (AvgIpc) is 2.56. The minimum Gasteiger partial charge on any atom is -0.444 e. The van der Waals surface area contributed by atoms with Gasteiger partial charge in [-0.2, -0.15) is 0 Å². The Morgan fingerprint density at radius 1 is 1.22 bits per heavy atom. The van der Waals surface area contributed by atoms with Gasteiger partial charge in [0.25, 0.3) is 0 Å². The summed E-state index contributed by atoms with van der Waals surface area (Å²) in [5, 5.41) is 3.11. The molecular formula is C19H25Cl2FN2O3. The summed E-state index contributed by atoms with van der Waals surface area (Å²) < 4.78 is 19.0. The number of halogens is 3. The molecular weight excluding hydrogens is 394 g/mol. The standard InChI is InChI=1S/C19H25Cl2FN2O3/c1-11(13-9-16(22)15(21)10-14(13)20)23-17(25)12-5-7-24(8-6-12)18(26)27-19(2,3)4/h9-12H,5-8H2,1-4H3,(H,23,25)/t11-/m0/s1. The quantitative estimate of drug-likeness (QED) is 0.705. The fourth-order valence-electron chi connectivity index (χ4n) is 2.93. The van der Waals surface area contributed by atoms with Gasteiger partial charge in [-0.15, -0.1) is 0 Å². The second-order valence-electron chi connectivity index (χ2n) is 7.76. The van der Waals surface area contributed by atoms with Crippen molar-refractivity contribution < 1.29 is 18.7 Å². The van der Waals surface area contributed by atoms with Crippen LogP contribution in [0.4, 0.5) is 9.18 Å². The Hall–Kier alpha value is -1.53. The number of likely N-dealkylation sites (tertiary alicyclic amines) is 1. The molecule has 1 heterocycles. The van der Waals surface area contributed by atoms with E-state index in [4.69, 9.17) is 27.9 Å². The van der Waals surface area contributed by atoms with Gasteiger partial charge in [0.1, 0.15) is 11.4 Å². The van der Waals surface area contributed by atoms with Gasteiger partial charge in [0.05, 0.1) is 11.1 Å². The number of benzene rings is 1. The molecule has 5 nitrogen and oxygen atoms in total. The number of ether oxygens (including phenoxy) is 1. The number of hydrogen-bond donors (Lipinski definition) is 1. The van der Waals surface area contributed by atoms with Gasteiger partial charge >= 0.3 is 6.09 Å². The van der Waals surface area contributed by atoms with Gasteiger partial charge in [0.15, 0.2) is 0 Å². The Kier molecular flexibility index (Phi) is 6.98. The van der Waals surface area contributed by atoms with Crippen LogP contribution in [0.3, 0.4) is 0 Å². The van der Waals surface area contributed by atoms with E-state index in [0.29, 0.717) is 36.5 Å². The highest BCUT2D eigenvalue weighted by Gasteiger charge is 2.30. The zero-order chi connectivity index (χ0) is 20.4. The van der Waals surface area contributed by atoms with Crippen LogP contribution in [0.5, 0.6) is 0 Å². The number of carbonyl (C=O) groups is 2. The van der Waals surface area contributed by atoms with E-state index in [0.717, 1.165) is 0 Å². The molecule has 27 heavy (non-hydrogen) atoms. The normalized spacial score (nSPS) is 16.8. The maximum absolute atomic E-state index is 13.7. The Morgan fingerprint density at radius 3 is 2.37 bits per heavy atom. The van der Waals surface area contributed by atoms with Crippen molar-refractivity contribution in [3.05, 3.63) is 33.6 Å². The molecule has 1 aromatic carbocycles. The van der Waals surface area contributed by atoms with Crippen LogP contribution in [0.1, 0.15) is 52.1 Å². The van der Waals surface area contributed by atoms with Crippen LogP contribution in [-0.2, 0) is 9.53 Å². The van der Waals surface area contributed by atoms with Gasteiger partial charge in [-0.1, -0.05) is 23.2 Å². The van der Waals surface area contributed by atoms with E-state index in [1.54, 1.807) is 11.8 Å². The van der Waals surface area contributed by atoms with Crippen LogP contribution in [0.2, 0.25) is 10.0 Å². The first-order chi connectivity index (χ1) is 12.5. The largest absolute Gasteiger partial charge is 0.444 e. The fraction of sp³-hybridized carbons (Fsp3) is 0.579. The topological polar surface area (TPSA) is 58.6 Å². The molecule has 0 radical (unpaired) electrons. The third kappa shape index (κ3) is 5.98. The lowest BCUT2D eigenvalue weighted by Gasteiger charge is -2.33. The van der Waals surface area contributed by atoms with Crippen molar-refractivity contribution in [3.63, 3.8) is 0 Å². The molecule has 0 saturated carbocycles. The third-order valence-corrected chi connectivity index (χ3v) is 5.00. The minimum absolute atomic E-state index is 0.0585. The lowest BCUT2D eigenvalue weighted by molar-refractivity contribution is -0.127. The Labute approximate surface area is 169 Å². The summed E-state index contributed by atoms with van der Waals surface area (Å²) in [5.74, 6) is -0.942. The summed E-state index contributed by atoms with van der Waals surface area (Å²) >= 11 is 11.8. The van der Waals surface area contributed by atoms with Gasteiger partial charge in [0.2, 0.25) is 5.91 Å². The number of piperidine rings is 1. The molecule has 1 atom stereocenters. The SMILES string of the molecule is C[C@H](NC(=O)C1CCN(C(=O)OC(C)(C)C)CC1)c1cc(F)c(Cl)cc1Cl. The lowest BCUT2D eigenvalue weighted by Crippen LogP contribution is -2.45. The van der Waals surface area contributed by atoms with Gasteiger partial charge in [-0.3, -0.25) is 4.79 Å². The van der Waals surface area contributed by atoms with Crippen LogP contribution < -0.4 is 5.32 Å². The molecule has 1 aliphatic heterocycles. The summed E-state index contributed by atoms with van der Waals surface area (Å²) in [6, 6.07) is 2.11. The summed E-state index contributed by atoms with van der Waals surface area (Å²) in [5.41, 5.74) is -0.0773. The number of rotatable bonds is 3. The molecule has 2 rings (SSSR count). The van der Waals surface area contributed by atoms with Crippen LogP contribution in [0, 0.1) is 11.7 Å². The number of nitrogens with one attached hydrogen (secondary N) is 1. The minimum atomic E-state index is -0.581. The summed E-state index contributed by atoms with van der Waals surface area (Å²) in [6.45, 7) is 8.10. The molecule has 8 heteroatoms. The van der Waals surface area contributed by atoms with Crippen molar-refractivity contribution in [2.45, 2.75) is 52.2 Å². The molecule has 1 N–H and O–H groups in total.